The van der Waals surface area contributed by atoms with E-state index in [1.54, 1.807) is 18.7 Å². The topological polar surface area (TPSA) is 49.4 Å². The quantitative estimate of drug-likeness (QED) is 0.746. The van der Waals surface area contributed by atoms with Crippen molar-refractivity contribution in [2.45, 2.75) is 25.1 Å². The number of rotatable bonds is 3. The molecule has 2 aliphatic heterocycles. The van der Waals surface area contributed by atoms with Gasteiger partial charge in [-0.1, -0.05) is 0 Å². The lowest BCUT2D eigenvalue weighted by Gasteiger charge is -2.32. The molecule has 1 fully saturated rings. The molecular weight excluding hydrogens is 224 g/mol. The Morgan fingerprint density at radius 3 is 2.75 bits per heavy atom. The van der Waals surface area contributed by atoms with Crippen molar-refractivity contribution in [1.82, 2.24) is 10.2 Å². The number of carbonyl (C=O) groups is 2. The number of nitrogens with one attached hydrogen (secondary N) is 1. The van der Waals surface area contributed by atoms with Gasteiger partial charge >= 0.3 is 0 Å². The van der Waals surface area contributed by atoms with Crippen LogP contribution in [0.3, 0.4) is 0 Å². The van der Waals surface area contributed by atoms with Crippen molar-refractivity contribution < 1.29 is 9.59 Å². The van der Waals surface area contributed by atoms with Gasteiger partial charge in [-0.25, -0.2) is 0 Å². The molecule has 1 amide bonds. The average molecular weight is 240 g/mol. The predicted octanol–water partition coefficient (Wildman–Crippen LogP) is 0.948. The normalized spacial score (nSPS) is 26.2. The van der Waals surface area contributed by atoms with Crippen LogP contribution in [0.1, 0.15) is 19.8 Å². The van der Waals surface area contributed by atoms with E-state index in [9.17, 15) is 9.59 Å². The molecule has 2 heterocycles. The number of amides is 1. The van der Waals surface area contributed by atoms with E-state index in [0.717, 1.165) is 38.0 Å². The molecule has 88 valence electrons. The van der Waals surface area contributed by atoms with Crippen LogP contribution in [-0.4, -0.2) is 35.6 Å². The van der Waals surface area contributed by atoms with Crippen LogP contribution in [0.15, 0.2) is 11.1 Å². The number of Topliss-reactive ketones (excluding diaryl/α,β-unsaturated/α-hetero) is 1. The Hall–Kier alpha value is -0.970. The molecule has 0 aromatic rings. The molecule has 0 saturated carbocycles. The molecular formula is C11H16N2O2S. The van der Waals surface area contributed by atoms with Gasteiger partial charge in [0.2, 0.25) is 6.41 Å². The number of ketones is 1. The summed E-state index contributed by atoms with van der Waals surface area (Å²) in [7, 11) is 0. The molecule has 0 aromatic carbocycles. The van der Waals surface area contributed by atoms with Gasteiger partial charge in [-0.3, -0.25) is 9.59 Å². The molecule has 16 heavy (non-hydrogen) atoms. The lowest BCUT2D eigenvalue weighted by Crippen LogP contribution is -2.40. The predicted molar refractivity (Wildman–Crippen MR) is 63.6 cm³/mol. The second kappa shape index (κ2) is 4.91. The SMILES string of the molecule is CC(=O)C1=CSC(C2CCN(C=O)CC2)N1. The van der Waals surface area contributed by atoms with Crippen molar-refractivity contribution in [3.8, 4) is 0 Å². The Balaban J connectivity index is 1.84. The monoisotopic (exact) mass is 240 g/mol. The minimum atomic E-state index is 0.0975. The maximum Gasteiger partial charge on any atom is 0.209 e. The third-order valence-corrected chi connectivity index (χ3v) is 4.33. The summed E-state index contributed by atoms with van der Waals surface area (Å²) in [5, 5.41) is 5.49. The number of hydrogen-bond acceptors (Lipinski definition) is 4. The zero-order chi connectivity index (χ0) is 11.5. The molecule has 0 bridgehead atoms. The zero-order valence-corrected chi connectivity index (χ0v) is 10.1. The number of hydrogen-bond donors (Lipinski definition) is 1. The molecule has 2 aliphatic rings. The minimum absolute atomic E-state index is 0.0975. The first-order valence-electron chi connectivity index (χ1n) is 5.53. The maximum atomic E-state index is 11.2. The maximum absolute atomic E-state index is 11.2. The van der Waals surface area contributed by atoms with Crippen molar-refractivity contribution in [2.75, 3.05) is 13.1 Å². The van der Waals surface area contributed by atoms with Crippen molar-refractivity contribution in [1.29, 1.82) is 0 Å². The van der Waals surface area contributed by atoms with Crippen LogP contribution in [0.25, 0.3) is 0 Å². The number of likely N-dealkylation sites (tertiary alicyclic amines) is 1. The summed E-state index contributed by atoms with van der Waals surface area (Å²) >= 11 is 1.69. The Bertz CT molecular complexity index is 322. The highest BCUT2D eigenvalue weighted by atomic mass is 32.2. The van der Waals surface area contributed by atoms with Gasteiger partial charge in [-0.2, -0.15) is 0 Å². The van der Waals surface area contributed by atoms with Crippen LogP contribution in [0.5, 0.6) is 0 Å². The van der Waals surface area contributed by atoms with Crippen molar-refractivity contribution in [3.05, 3.63) is 11.1 Å². The first kappa shape index (κ1) is 11.5. The summed E-state index contributed by atoms with van der Waals surface area (Å²) in [6.45, 7) is 3.25. The summed E-state index contributed by atoms with van der Waals surface area (Å²) < 4.78 is 0. The highest BCUT2D eigenvalue weighted by Gasteiger charge is 2.30. The van der Waals surface area contributed by atoms with E-state index in [0.29, 0.717) is 11.3 Å². The lowest BCUT2D eigenvalue weighted by atomic mass is 9.96. The Kier molecular flexibility index (Phi) is 3.53. The molecule has 0 aliphatic carbocycles. The van der Waals surface area contributed by atoms with Gasteiger partial charge in [-0.05, 0) is 24.2 Å². The van der Waals surface area contributed by atoms with Gasteiger partial charge in [0.15, 0.2) is 5.78 Å². The number of piperidine rings is 1. The minimum Gasteiger partial charge on any atom is -0.369 e. The van der Waals surface area contributed by atoms with Crippen molar-refractivity contribution >= 4 is 24.0 Å². The molecule has 5 heteroatoms. The standard InChI is InChI=1S/C11H16N2O2S/c1-8(15)10-6-16-11(12-10)9-2-4-13(7-14)5-3-9/h6-7,9,11-12H,2-5H2,1H3. The van der Waals surface area contributed by atoms with Gasteiger partial charge in [-0.15, -0.1) is 11.8 Å². The van der Waals surface area contributed by atoms with Crippen LogP contribution in [0.2, 0.25) is 0 Å². The van der Waals surface area contributed by atoms with Gasteiger partial charge in [0.05, 0.1) is 11.1 Å². The molecule has 0 aromatic heterocycles. The van der Waals surface area contributed by atoms with E-state index < -0.39 is 0 Å². The van der Waals surface area contributed by atoms with Crippen LogP contribution in [-0.2, 0) is 9.59 Å². The van der Waals surface area contributed by atoms with Gasteiger partial charge in [0, 0.05) is 20.0 Å². The summed E-state index contributed by atoms with van der Waals surface area (Å²) in [6.07, 6.45) is 2.95. The molecule has 0 spiro atoms. The van der Waals surface area contributed by atoms with E-state index in [1.165, 1.54) is 0 Å². The molecule has 0 radical (unpaired) electrons. The largest absolute Gasteiger partial charge is 0.369 e. The van der Waals surface area contributed by atoms with E-state index in [2.05, 4.69) is 5.32 Å². The fourth-order valence-corrected chi connectivity index (χ4v) is 3.31. The number of nitrogens with zero attached hydrogens (tertiary/aromatic N) is 1. The lowest BCUT2D eigenvalue weighted by molar-refractivity contribution is -0.119. The second-order valence-corrected chi connectivity index (χ2v) is 5.28. The highest BCUT2D eigenvalue weighted by Crippen LogP contribution is 2.32. The third-order valence-electron chi connectivity index (χ3n) is 3.16. The van der Waals surface area contributed by atoms with Gasteiger partial charge < -0.3 is 10.2 Å². The van der Waals surface area contributed by atoms with E-state index >= 15 is 0 Å². The molecule has 1 saturated heterocycles. The smallest absolute Gasteiger partial charge is 0.209 e. The molecule has 4 nitrogen and oxygen atoms in total. The van der Waals surface area contributed by atoms with Crippen LogP contribution >= 0.6 is 11.8 Å². The molecule has 2 rings (SSSR count). The number of carbonyl (C=O) groups excluding carboxylic acids is 2. The van der Waals surface area contributed by atoms with Crippen molar-refractivity contribution in [2.24, 2.45) is 5.92 Å². The first-order chi connectivity index (χ1) is 7.70. The summed E-state index contributed by atoms with van der Waals surface area (Å²) in [6, 6.07) is 0. The number of thioether (sulfide) groups is 1. The van der Waals surface area contributed by atoms with Gasteiger partial charge in [0.1, 0.15) is 0 Å². The van der Waals surface area contributed by atoms with E-state index in [-0.39, 0.29) is 5.78 Å². The Morgan fingerprint density at radius 2 is 2.25 bits per heavy atom. The average Bonchev–Trinajstić information content (AvgIpc) is 2.78. The zero-order valence-electron chi connectivity index (χ0n) is 9.31. The third kappa shape index (κ3) is 2.40. The Morgan fingerprint density at radius 1 is 1.56 bits per heavy atom. The summed E-state index contributed by atoms with van der Waals surface area (Å²) in [5.74, 6) is 0.648. The molecule has 1 N–H and O–H groups in total. The second-order valence-electron chi connectivity index (χ2n) is 4.27. The highest BCUT2D eigenvalue weighted by molar-refractivity contribution is 8.03. The summed E-state index contributed by atoms with van der Waals surface area (Å²) in [5.41, 5.74) is 0.729. The van der Waals surface area contributed by atoms with Crippen molar-refractivity contribution in [3.63, 3.8) is 0 Å². The van der Waals surface area contributed by atoms with Crippen LogP contribution in [0.4, 0.5) is 0 Å². The van der Waals surface area contributed by atoms with Crippen LogP contribution < -0.4 is 5.32 Å². The number of allylic oxidation sites excluding steroid dienone is 1. The van der Waals surface area contributed by atoms with Gasteiger partial charge in [0.25, 0.3) is 0 Å². The first-order valence-corrected chi connectivity index (χ1v) is 6.47. The molecule has 1 unspecified atom stereocenters. The molecule has 1 atom stereocenters. The summed E-state index contributed by atoms with van der Waals surface area (Å²) in [4.78, 5) is 23.6. The Labute approximate surface area is 99.4 Å². The van der Waals surface area contributed by atoms with E-state index in [1.807, 2.05) is 10.3 Å². The fraction of sp³-hybridized carbons (Fsp3) is 0.636. The van der Waals surface area contributed by atoms with Crippen LogP contribution in [0, 0.1) is 5.92 Å². The van der Waals surface area contributed by atoms with E-state index in [4.69, 9.17) is 0 Å². The fourth-order valence-electron chi connectivity index (χ4n) is 2.10.